The molecular formula is C16H28N2O2. The molecule has 3 rings (SSSR count). The van der Waals surface area contributed by atoms with Crippen LogP contribution in [-0.4, -0.2) is 47.7 Å². The fourth-order valence-corrected chi connectivity index (χ4v) is 4.43. The van der Waals surface area contributed by atoms with E-state index in [0.29, 0.717) is 29.8 Å². The molecule has 4 nitrogen and oxygen atoms in total. The van der Waals surface area contributed by atoms with Gasteiger partial charge in [0.25, 0.3) is 0 Å². The minimum Gasteiger partial charge on any atom is -0.396 e. The number of hydrogen-bond acceptors (Lipinski definition) is 3. The van der Waals surface area contributed by atoms with Crippen molar-refractivity contribution in [3.63, 3.8) is 0 Å². The van der Waals surface area contributed by atoms with Gasteiger partial charge in [0.2, 0.25) is 5.91 Å². The summed E-state index contributed by atoms with van der Waals surface area (Å²) < 4.78 is 0. The number of aliphatic hydroxyl groups is 1. The summed E-state index contributed by atoms with van der Waals surface area (Å²) in [6, 6.07) is 1.35. The van der Waals surface area contributed by atoms with Crippen LogP contribution in [0.1, 0.15) is 51.4 Å². The first-order valence-corrected chi connectivity index (χ1v) is 8.39. The molecule has 3 aliphatic heterocycles. The summed E-state index contributed by atoms with van der Waals surface area (Å²) in [5.74, 6) is 1.47. The van der Waals surface area contributed by atoms with Crippen LogP contribution in [0.5, 0.6) is 0 Å². The lowest BCUT2D eigenvalue weighted by Crippen LogP contribution is -2.43. The maximum absolute atomic E-state index is 12.5. The third kappa shape index (κ3) is 3.34. The Hall–Kier alpha value is -0.610. The van der Waals surface area contributed by atoms with Gasteiger partial charge >= 0.3 is 0 Å². The molecule has 3 atom stereocenters. The summed E-state index contributed by atoms with van der Waals surface area (Å²) in [7, 11) is 0. The molecule has 3 unspecified atom stereocenters. The predicted octanol–water partition coefficient (Wildman–Crippen LogP) is 1.53. The van der Waals surface area contributed by atoms with Crippen molar-refractivity contribution in [2.75, 3.05) is 19.7 Å². The SMILES string of the molecule is O=C(CC1CC2CCC(C1)N2)N1CCCC(CCO)C1. The second kappa shape index (κ2) is 6.44. The summed E-state index contributed by atoms with van der Waals surface area (Å²) in [5, 5.41) is 12.7. The lowest BCUT2D eigenvalue weighted by atomic mass is 9.88. The quantitative estimate of drug-likeness (QED) is 0.821. The minimum atomic E-state index is 0.254. The zero-order chi connectivity index (χ0) is 13.9. The topological polar surface area (TPSA) is 52.6 Å². The van der Waals surface area contributed by atoms with Gasteiger partial charge in [-0.1, -0.05) is 0 Å². The Morgan fingerprint density at radius 3 is 2.60 bits per heavy atom. The molecule has 0 aliphatic carbocycles. The monoisotopic (exact) mass is 280 g/mol. The van der Waals surface area contributed by atoms with Gasteiger partial charge in [-0.25, -0.2) is 0 Å². The Bertz CT molecular complexity index is 333. The van der Waals surface area contributed by atoms with Gasteiger partial charge < -0.3 is 15.3 Å². The van der Waals surface area contributed by atoms with Crippen LogP contribution in [-0.2, 0) is 4.79 Å². The minimum absolute atomic E-state index is 0.254. The van der Waals surface area contributed by atoms with Crippen molar-refractivity contribution in [3.8, 4) is 0 Å². The first kappa shape index (κ1) is 14.3. The summed E-state index contributed by atoms with van der Waals surface area (Å²) >= 11 is 0. The highest BCUT2D eigenvalue weighted by molar-refractivity contribution is 5.76. The molecule has 2 bridgehead atoms. The second-order valence-electron chi connectivity index (χ2n) is 7.04. The van der Waals surface area contributed by atoms with E-state index in [-0.39, 0.29) is 6.61 Å². The van der Waals surface area contributed by atoms with E-state index in [2.05, 4.69) is 10.2 Å². The van der Waals surface area contributed by atoms with Crippen LogP contribution in [0, 0.1) is 11.8 Å². The van der Waals surface area contributed by atoms with Crippen molar-refractivity contribution in [2.24, 2.45) is 11.8 Å². The molecule has 3 saturated heterocycles. The maximum Gasteiger partial charge on any atom is 0.222 e. The van der Waals surface area contributed by atoms with E-state index in [9.17, 15) is 4.79 Å². The number of amides is 1. The van der Waals surface area contributed by atoms with Gasteiger partial charge in [-0.3, -0.25) is 4.79 Å². The highest BCUT2D eigenvalue weighted by Crippen LogP contribution is 2.33. The summed E-state index contributed by atoms with van der Waals surface area (Å²) in [4.78, 5) is 14.6. The van der Waals surface area contributed by atoms with Gasteiger partial charge in [-0.05, 0) is 56.8 Å². The lowest BCUT2D eigenvalue weighted by molar-refractivity contribution is -0.134. The van der Waals surface area contributed by atoms with E-state index in [4.69, 9.17) is 5.11 Å². The van der Waals surface area contributed by atoms with Crippen molar-refractivity contribution in [3.05, 3.63) is 0 Å². The average Bonchev–Trinajstić information content (AvgIpc) is 2.79. The zero-order valence-electron chi connectivity index (χ0n) is 12.4. The number of fused-ring (bicyclic) bond motifs is 2. The smallest absolute Gasteiger partial charge is 0.222 e. The molecule has 0 radical (unpaired) electrons. The number of rotatable bonds is 4. The van der Waals surface area contributed by atoms with Crippen LogP contribution in [0.25, 0.3) is 0 Å². The zero-order valence-corrected chi connectivity index (χ0v) is 12.4. The fraction of sp³-hybridized carbons (Fsp3) is 0.938. The normalized spacial score (nSPS) is 37.1. The van der Waals surface area contributed by atoms with Crippen LogP contribution in [0.2, 0.25) is 0 Å². The molecule has 3 fully saturated rings. The van der Waals surface area contributed by atoms with Crippen LogP contribution < -0.4 is 5.32 Å². The van der Waals surface area contributed by atoms with Crippen molar-refractivity contribution in [1.82, 2.24) is 10.2 Å². The number of carbonyl (C=O) groups excluding carboxylic acids is 1. The van der Waals surface area contributed by atoms with Gasteiger partial charge in [0, 0.05) is 38.2 Å². The third-order valence-corrected chi connectivity index (χ3v) is 5.44. The molecule has 3 heterocycles. The highest BCUT2D eigenvalue weighted by Gasteiger charge is 2.35. The van der Waals surface area contributed by atoms with E-state index in [1.54, 1.807) is 0 Å². The molecule has 20 heavy (non-hydrogen) atoms. The molecule has 114 valence electrons. The summed E-state index contributed by atoms with van der Waals surface area (Å²) in [5.41, 5.74) is 0. The van der Waals surface area contributed by atoms with E-state index < -0.39 is 0 Å². The Kier molecular flexibility index (Phi) is 4.61. The van der Waals surface area contributed by atoms with Gasteiger partial charge in [0.05, 0.1) is 0 Å². The standard InChI is InChI=1S/C16H28N2O2/c19-7-5-12-2-1-6-18(11-12)16(20)10-13-8-14-3-4-15(9-13)17-14/h12-15,17,19H,1-11H2. The van der Waals surface area contributed by atoms with Gasteiger partial charge in [0.1, 0.15) is 0 Å². The Labute approximate surface area is 121 Å². The number of aliphatic hydroxyl groups excluding tert-OH is 1. The number of hydrogen-bond donors (Lipinski definition) is 2. The molecule has 0 aromatic rings. The predicted molar refractivity (Wildman–Crippen MR) is 78.3 cm³/mol. The molecule has 2 N–H and O–H groups in total. The van der Waals surface area contributed by atoms with Crippen LogP contribution in [0.15, 0.2) is 0 Å². The molecule has 0 saturated carbocycles. The molecule has 0 spiro atoms. The van der Waals surface area contributed by atoms with Gasteiger partial charge in [-0.15, -0.1) is 0 Å². The fourth-order valence-electron chi connectivity index (χ4n) is 4.43. The summed E-state index contributed by atoms with van der Waals surface area (Å²) in [6.45, 7) is 2.06. The number of nitrogens with zero attached hydrogens (tertiary/aromatic N) is 1. The Morgan fingerprint density at radius 1 is 1.15 bits per heavy atom. The first-order valence-electron chi connectivity index (χ1n) is 8.39. The number of carbonyl (C=O) groups is 1. The first-order chi connectivity index (χ1) is 9.74. The number of likely N-dealkylation sites (tertiary alicyclic amines) is 1. The third-order valence-electron chi connectivity index (χ3n) is 5.44. The van der Waals surface area contributed by atoms with E-state index in [1.165, 1.54) is 32.1 Å². The molecule has 0 aromatic heterocycles. The van der Waals surface area contributed by atoms with Crippen LogP contribution in [0.4, 0.5) is 0 Å². The van der Waals surface area contributed by atoms with Crippen molar-refractivity contribution in [1.29, 1.82) is 0 Å². The largest absolute Gasteiger partial charge is 0.396 e. The molecule has 3 aliphatic rings. The Balaban J connectivity index is 1.48. The number of nitrogens with one attached hydrogen (secondary N) is 1. The van der Waals surface area contributed by atoms with Crippen LogP contribution in [0.3, 0.4) is 0 Å². The van der Waals surface area contributed by atoms with E-state index >= 15 is 0 Å². The maximum atomic E-state index is 12.5. The molecule has 4 heteroatoms. The highest BCUT2D eigenvalue weighted by atomic mass is 16.3. The van der Waals surface area contributed by atoms with Gasteiger partial charge in [-0.2, -0.15) is 0 Å². The molecule has 1 amide bonds. The molecular weight excluding hydrogens is 252 g/mol. The summed E-state index contributed by atoms with van der Waals surface area (Å²) in [6.07, 6.45) is 8.86. The van der Waals surface area contributed by atoms with E-state index in [0.717, 1.165) is 32.4 Å². The van der Waals surface area contributed by atoms with Crippen LogP contribution >= 0.6 is 0 Å². The van der Waals surface area contributed by atoms with Crippen molar-refractivity contribution in [2.45, 2.75) is 63.5 Å². The second-order valence-corrected chi connectivity index (χ2v) is 7.04. The average molecular weight is 280 g/mol. The van der Waals surface area contributed by atoms with Crippen molar-refractivity contribution < 1.29 is 9.90 Å². The Morgan fingerprint density at radius 2 is 1.90 bits per heavy atom. The lowest BCUT2D eigenvalue weighted by Gasteiger charge is -2.35. The van der Waals surface area contributed by atoms with Crippen molar-refractivity contribution >= 4 is 5.91 Å². The molecule has 0 aromatic carbocycles. The number of piperidine rings is 2. The van der Waals surface area contributed by atoms with Gasteiger partial charge in [0.15, 0.2) is 0 Å². The van der Waals surface area contributed by atoms with E-state index in [1.807, 2.05) is 0 Å².